The van der Waals surface area contributed by atoms with Gasteiger partial charge in [-0.3, -0.25) is 9.59 Å². The largest absolute Gasteiger partial charge is 0.481 e. The summed E-state index contributed by atoms with van der Waals surface area (Å²) in [7, 11) is 0. The van der Waals surface area contributed by atoms with Crippen molar-refractivity contribution in [3.63, 3.8) is 0 Å². The maximum atomic E-state index is 12.4. The number of carbonyl (C=O) groups excluding carboxylic acids is 1. The molecular weight excluding hydrogens is 356 g/mol. The summed E-state index contributed by atoms with van der Waals surface area (Å²) in [5.41, 5.74) is 0.778. The summed E-state index contributed by atoms with van der Waals surface area (Å²) in [4.78, 5) is 29.1. The standard InChI is InChI=1S/C19H21ClN2O4/c20-15-4-2-1-3-14(15)16-12-21-17(26-16)5-6-18(23)22-9-7-13(8-10-22)11-19(24)25/h1-4,12-13H,5-11H2,(H,24,25). The third-order valence-corrected chi connectivity index (χ3v) is 5.01. The Bertz CT molecular complexity index is 781. The van der Waals surface area contributed by atoms with Crippen LogP contribution in [0.4, 0.5) is 0 Å². The number of likely N-dealkylation sites (tertiary alicyclic amines) is 1. The average Bonchev–Trinajstić information content (AvgIpc) is 3.09. The Morgan fingerprint density at radius 3 is 2.69 bits per heavy atom. The van der Waals surface area contributed by atoms with Crippen molar-refractivity contribution in [3.05, 3.63) is 41.4 Å². The molecule has 26 heavy (non-hydrogen) atoms. The number of aliphatic carboxylic acids is 1. The number of nitrogens with zero attached hydrogens (tertiary/aromatic N) is 2. The van der Waals surface area contributed by atoms with Crippen LogP contribution in [0.3, 0.4) is 0 Å². The van der Waals surface area contributed by atoms with Crippen LogP contribution in [0, 0.1) is 5.92 Å². The highest BCUT2D eigenvalue weighted by molar-refractivity contribution is 6.33. The first-order chi connectivity index (χ1) is 12.5. The van der Waals surface area contributed by atoms with E-state index in [1.807, 2.05) is 18.2 Å². The molecule has 0 aliphatic carbocycles. The van der Waals surface area contributed by atoms with Crippen molar-refractivity contribution < 1.29 is 19.1 Å². The fraction of sp³-hybridized carbons (Fsp3) is 0.421. The van der Waals surface area contributed by atoms with E-state index in [9.17, 15) is 9.59 Å². The van der Waals surface area contributed by atoms with Gasteiger partial charge in [-0.25, -0.2) is 4.98 Å². The summed E-state index contributed by atoms with van der Waals surface area (Å²) >= 11 is 6.16. The molecular formula is C19H21ClN2O4. The predicted octanol–water partition coefficient (Wildman–Crippen LogP) is 3.64. The molecule has 1 aliphatic rings. The van der Waals surface area contributed by atoms with Gasteiger partial charge >= 0.3 is 5.97 Å². The topological polar surface area (TPSA) is 83.6 Å². The smallest absolute Gasteiger partial charge is 0.303 e. The monoisotopic (exact) mass is 376 g/mol. The minimum atomic E-state index is -0.770. The number of halogens is 1. The Kier molecular flexibility index (Phi) is 5.93. The molecule has 0 saturated carbocycles. The predicted molar refractivity (Wildman–Crippen MR) is 96.8 cm³/mol. The number of piperidine rings is 1. The quantitative estimate of drug-likeness (QED) is 0.832. The Labute approximate surface area is 156 Å². The first kappa shape index (κ1) is 18.5. The van der Waals surface area contributed by atoms with Gasteiger partial charge in [-0.15, -0.1) is 0 Å². The molecule has 1 aromatic carbocycles. The minimum Gasteiger partial charge on any atom is -0.481 e. The number of amides is 1. The summed E-state index contributed by atoms with van der Waals surface area (Å²) in [6.07, 6.45) is 4.05. The van der Waals surface area contributed by atoms with E-state index in [0.717, 1.165) is 18.4 Å². The number of aromatic nitrogens is 1. The maximum Gasteiger partial charge on any atom is 0.303 e. The number of aryl methyl sites for hydroxylation is 1. The van der Waals surface area contributed by atoms with Crippen LogP contribution in [-0.2, 0) is 16.0 Å². The number of hydrogen-bond donors (Lipinski definition) is 1. The number of hydrogen-bond acceptors (Lipinski definition) is 4. The van der Waals surface area contributed by atoms with Crippen LogP contribution < -0.4 is 0 Å². The van der Waals surface area contributed by atoms with Crippen LogP contribution in [-0.4, -0.2) is 40.0 Å². The van der Waals surface area contributed by atoms with Crippen molar-refractivity contribution in [3.8, 4) is 11.3 Å². The molecule has 7 heteroatoms. The van der Waals surface area contributed by atoms with Gasteiger partial charge in [-0.05, 0) is 30.9 Å². The van der Waals surface area contributed by atoms with Crippen molar-refractivity contribution in [2.75, 3.05) is 13.1 Å². The van der Waals surface area contributed by atoms with E-state index in [1.165, 1.54) is 0 Å². The zero-order valence-electron chi connectivity index (χ0n) is 14.4. The second-order valence-corrected chi connectivity index (χ2v) is 6.93. The third kappa shape index (κ3) is 4.64. The molecule has 0 unspecified atom stereocenters. The Balaban J connectivity index is 1.50. The summed E-state index contributed by atoms with van der Waals surface area (Å²) < 4.78 is 5.72. The summed E-state index contributed by atoms with van der Waals surface area (Å²) in [5.74, 6) is 0.548. The van der Waals surface area contributed by atoms with Crippen molar-refractivity contribution in [2.24, 2.45) is 5.92 Å². The molecule has 0 atom stereocenters. The van der Waals surface area contributed by atoms with Gasteiger partial charge in [0.1, 0.15) is 0 Å². The van der Waals surface area contributed by atoms with Gasteiger partial charge in [0.05, 0.1) is 11.2 Å². The Morgan fingerprint density at radius 1 is 1.27 bits per heavy atom. The number of carboxylic acid groups (broad SMARTS) is 1. The van der Waals surface area contributed by atoms with Crippen LogP contribution in [0.25, 0.3) is 11.3 Å². The van der Waals surface area contributed by atoms with Gasteiger partial charge < -0.3 is 14.4 Å². The molecule has 0 spiro atoms. The van der Waals surface area contributed by atoms with Crippen LogP contribution in [0.2, 0.25) is 5.02 Å². The van der Waals surface area contributed by atoms with E-state index in [0.29, 0.717) is 42.6 Å². The third-order valence-electron chi connectivity index (χ3n) is 4.68. The lowest BCUT2D eigenvalue weighted by Gasteiger charge is -2.31. The van der Waals surface area contributed by atoms with E-state index in [4.69, 9.17) is 21.1 Å². The van der Waals surface area contributed by atoms with E-state index >= 15 is 0 Å². The van der Waals surface area contributed by atoms with Crippen LogP contribution in [0.5, 0.6) is 0 Å². The van der Waals surface area contributed by atoms with E-state index in [2.05, 4.69) is 4.98 Å². The zero-order valence-corrected chi connectivity index (χ0v) is 15.1. The van der Waals surface area contributed by atoms with Gasteiger partial charge in [0, 0.05) is 37.9 Å². The van der Waals surface area contributed by atoms with E-state index in [-0.39, 0.29) is 18.2 Å². The molecule has 1 N–H and O–H groups in total. The molecule has 1 amide bonds. The van der Waals surface area contributed by atoms with Crippen molar-refractivity contribution in [2.45, 2.75) is 32.1 Å². The maximum absolute atomic E-state index is 12.4. The van der Waals surface area contributed by atoms with Crippen LogP contribution in [0.1, 0.15) is 31.6 Å². The fourth-order valence-electron chi connectivity index (χ4n) is 3.22. The second-order valence-electron chi connectivity index (χ2n) is 6.52. The molecule has 1 fully saturated rings. The highest BCUT2D eigenvalue weighted by Crippen LogP contribution is 2.28. The highest BCUT2D eigenvalue weighted by atomic mass is 35.5. The molecule has 1 aromatic heterocycles. The van der Waals surface area contributed by atoms with Crippen LogP contribution in [0.15, 0.2) is 34.9 Å². The molecule has 1 saturated heterocycles. The number of carboxylic acids is 1. The van der Waals surface area contributed by atoms with Crippen molar-refractivity contribution in [1.29, 1.82) is 0 Å². The molecule has 1 aliphatic heterocycles. The number of rotatable bonds is 6. The van der Waals surface area contributed by atoms with Crippen LogP contribution >= 0.6 is 11.6 Å². The average molecular weight is 377 g/mol. The normalized spacial score (nSPS) is 15.2. The Hall–Kier alpha value is -2.34. The van der Waals surface area contributed by atoms with Gasteiger partial charge in [0.25, 0.3) is 0 Å². The minimum absolute atomic E-state index is 0.0521. The molecule has 2 heterocycles. The highest BCUT2D eigenvalue weighted by Gasteiger charge is 2.24. The lowest BCUT2D eigenvalue weighted by atomic mass is 9.93. The number of carbonyl (C=O) groups is 2. The van der Waals surface area contributed by atoms with Crippen molar-refractivity contribution in [1.82, 2.24) is 9.88 Å². The molecule has 6 nitrogen and oxygen atoms in total. The summed E-state index contributed by atoms with van der Waals surface area (Å²) in [5, 5.41) is 9.44. The van der Waals surface area contributed by atoms with Gasteiger partial charge in [-0.1, -0.05) is 23.7 Å². The zero-order chi connectivity index (χ0) is 18.5. The SMILES string of the molecule is O=C(O)CC1CCN(C(=O)CCc2ncc(-c3ccccc3Cl)o2)CC1. The van der Waals surface area contributed by atoms with Gasteiger partial charge in [0.2, 0.25) is 5.91 Å². The lowest BCUT2D eigenvalue weighted by molar-refractivity contribution is -0.138. The molecule has 138 valence electrons. The number of oxazole rings is 1. The molecule has 0 radical (unpaired) electrons. The summed E-state index contributed by atoms with van der Waals surface area (Å²) in [6.45, 7) is 1.24. The molecule has 3 rings (SSSR count). The van der Waals surface area contributed by atoms with Gasteiger partial charge in [0.15, 0.2) is 11.7 Å². The first-order valence-corrected chi connectivity index (χ1v) is 9.10. The Morgan fingerprint density at radius 2 is 2.00 bits per heavy atom. The second kappa shape index (κ2) is 8.36. The molecule has 0 bridgehead atoms. The molecule has 2 aromatic rings. The van der Waals surface area contributed by atoms with Gasteiger partial charge in [-0.2, -0.15) is 0 Å². The summed E-state index contributed by atoms with van der Waals surface area (Å²) in [6, 6.07) is 7.37. The fourth-order valence-corrected chi connectivity index (χ4v) is 3.45. The van der Waals surface area contributed by atoms with E-state index in [1.54, 1.807) is 17.2 Å². The first-order valence-electron chi connectivity index (χ1n) is 8.72. The van der Waals surface area contributed by atoms with E-state index < -0.39 is 5.97 Å². The lowest BCUT2D eigenvalue weighted by Crippen LogP contribution is -2.39. The van der Waals surface area contributed by atoms with Crippen molar-refractivity contribution >= 4 is 23.5 Å². The number of benzene rings is 1.